The first-order chi connectivity index (χ1) is 16.6. The van der Waals surface area contributed by atoms with Crippen LogP contribution in [0, 0.1) is 31.6 Å². The number of ether oxygens (including phenoxy) is 1. The Bertz CT molecular complexity index is 1240. The first kappa shape index (κ1) is 26.3. The molecule has 182 valence electrons. The molecule has 0 saturated heterocycles. The highest BCUT2D eigenvalue weighted by Gasteiger charge is 2.25. The number of nitrogens with zero attached hydrogens (tertiary/aromatic N) is 6. The number of rotatable bonds is 10. The van der Waals surface area contributed by atoms with E-state index in [1.165, 1.54) is 13.2 Å². The molecule has 0 atom stereocenters. The van der Waals surface area contributed by atoms with Gasteiger partial charge in [-0.2, -0.15) is 5.26 Å². The van der Waals surface area contributed by atoms with Crippen molar-refractivity contribution < 1.29 is 24.2 Å². The van der Waals surface area contributed by atoms with Gasteiger partial charge in [0.1, 0.15) is 18.3 Å². The number of carbonyl (C=O) groups is 2. The monoisotopic (exact) mass is 483 g/mol. The van der Waals surface area contributed by atoms with Crippen LogP contribution in [-0.2, 0) is 14.3 Å². The van der Waals surface area contributed by atoms with Gasteiger partial charge in [-0.15, -0.1) is 10.2 Å². The number of amides is 1. The normalized spacial score (nSPS) is 10.5. The van der Waals surface area contributed by atoms with Crippen LogP contribution in [0.3, 0.4) is 0 Å². The summed E-state index contributed by atoms with van der Waals surface area (Å²) in [5.74, 6) is -0.821. The highest BCUT2D eigenvalue weighted by molar-refractivity contribution is 5.94. The molecule has 0 unspecified atom stereocenters. The molecule has 0 fully saturated rings. The Balaban J connectivity index is 2.60. The number of nitro groups is 2. The van der Waals surface area contributed by atoms with Crippen LogP contribution in [-0.4, -0.2) is 41.9 Å². The summed E-state index contributed by atoms with van der Waals surface area (Å²) in [5, 5.41) is 42.3. The van der Waals surface area contributed by atoms with Gasteiger partial charge in [-0.05, 0) is 25.1 Å². The van der Waals surface area contributed by atoms with Crippen molar-refractivity contribution in [1.82, 2.24) is 0 Å². The number of nitrogens with one attached hydrogen (secondary N) is 1. The van der Waals surface area contributed by atoms with E-state index in [-0.39, 0.29) is 30.2 Å². The average Bonchev–Trinajstić information content (AvgIpc) is 2.85. The average molecular weight is 483 g/mol. The molecule has 0 aliphatic heterocycles. The maximum atomic E-state index is 12.1. The number of benzene rings is 2. The number of esters is 1. The molecule has 14 nitrogen and oxygen atoms in total. The minimum atomic E-state index is -0.906. The van der Waals surface area contributed by atoms with Crippen molar-refractivity contribution in [2.75, 3.05) is 30.4 Å². The maximum absolute atomic E-state index is 12.1. The standard InChI is InChI=1S/C21H21N7O7/c1-4-19(29)23-17-9-14(26(5-2)12-20(30)35-3)6-7-16(17)24-25-21-13(11-22)8-15(27(31)32)10-18(21)28(33)34/h6-10H,4-5,12H2,1-3H3,(H,23,29). The summed E-state index contributed by atoms with van der Waals surface area (Å²) in [4.78, 5) is 46.2. The Kier molecular flexibility index (Phi) is 8.87. The lowest BCUT2D eigenvalue weighted by molar-refractivity contribution is -0.393. The number of anilines is 2. The van der Waals surface area contributed by atoms with Crippen molar-refractivity contribution >= 4 is 46.0 Å². The third kappa shape index (κ3) is 6.54. The molecule has 14 heteroatoms. The van der Waals surface area contributed by atoms with E-state index in [4.69, 9.17) is 4.74 Å². The second kappa shape index (κ2) is 11.8. The summed E-state index contributed by atoms with van der Waals surface area (Å²) in [6, 6.07) is 7.80. The number of azo groups is 1. The molecular formula is C21H21N7O7. The number of likely N-dealkylation sites (N-methyl/N-ethyl adjacent to an activating group) is 1. The third-order valence-electron chi connectivity index (χ3n) is 4.73. The van der Waals surface area contributed by atoms with E-state index in [0.29, 0.717) is 18.3 Å². The van der Waals surface area contributed by atoms with Gasteiger partial charge in [0.2, 0.25) is 5.91 Å². The maximum Gasteiger partial charge on any atom is 0.325 e. The van der Waals surface area contributed by atoms with Gasteiger partial charge in [-0.3, -0.25) is 29.8 Å². The lowest BCUT2D eigenvalue weighted by atomic mass is 10.1. The Morgan fingerprint density at radius 1 is 1.14 bits per heavy atom. The lowest BCUT2D eigenvalue weighted by Gasteiger charge is -2.22. The molecular weight excluding hydrogens is 462 g/mol. The van der Waals surface area contributed by atoms with Crippen LogP contribution in [0.2, 0.25) is 0 Å². The van der Waals surface area contributed by atoms with Gasteiger partial charge >= 0.3 is 11.7 Å². The minimum absolute atomic E-state index is 0.0461. The number of methoxy groups -OCH3 is 1. The van der Waals surface area contributed by atoms with E-state index in [2.05, 4.69) is 15.5 Å². The fourth-order valence-electron chi connectivity index (χ4n) is 2.90. The van der Waals surface area contributed by atoms with E-state index < -0.39 is 38.4 Å². The largest absolute Gasteiger partial charge is 0.468 e. The number of hydrogen-bond acceptors (Lipinski definition) is 11. The van der Waals surface area contributed by atoms with Crippen molar-refractivity contribution in [3.8, 4) is 6.07 Å². The summed E-state index contributed by atoms with van der Waals surface area (Å²) in [7, 11) is 1.26. The molecule has 0 radical (unpaired) electrons. The van der Waals surface area contributed by atoms with Crippen LogP contribution >= 0.6 is 0 Å². The first-order valence-corrected chi connectivity index (χ1v) is 10.2. The first-order valence-electron chi connectivity index (χ1n) is 10.2. The summed E-state index contributed by atoms with van der Waals surface area (Å²) in [6.45, 7) is 3.85. The molecule has 2 aromatic carbocycles. The van der Waals surface area contributed by atoms with Crippen molar-refractivity contribution in [1.29, 1.82) is 5.26 Å². The van der Waals surface area contributed by atoms with Gasteiger partial charge < -0.3 is 15.0 Å². The zero-order valence-corrected chi connectivity index (χ0v) is 19.0. The van der Waals surface area contributed by atoms with Crippen LogP contribution in [0.15, 0.2) is 40.6 Å². The zero-order valence-electron chi connectivity index (χ0n) is 19.0. The zero-order chi connectivity index (χ0) is 26.1. The predicted molar refractivity (Wildman–Crippen MR) is 124 cm³/mol. The molecule has 1 N–H and O–H groups in total. The molecule has 0 aliphatic carbocycles. The fourth-order valence-corrected chi connectivity index (χ4v) is 2.90. The van der Waals surface area contributed by atoms with Crippen LogP contribution < -0.4 is 10.2 Å². The molecule has 0 heterocycles. The van der Waals surface area contributed by atoms with Crippen molar-refractivity contribution in [2.24, 2.45) is 10.2 Å². The van der Waals surface area contributed by atoms with Gasteiger partial charge in [0, 0.05) is 24.7 Å². The van der Waals surface area contributed by atoms with E-state index in [1.54, 1.807) is 30.0 Å². The molecule has 0 spiro atoms. The van der Waals surface area contributed by atoms with Gasteiger partial charge in [0.25, 0.3) is 5.69 Å². The molecule has 2 rings (SSSR count). The Labute approximate surface area is 199 Å². The van der Waals surface area contributed by atoms with Crippen molar-refractivity contribution in [3.63, 3.8) is 0 Å². The minimum Gasteiger partial charge on any atom is -0.468 e. The van der Waals surface area contributed by atoms with Gasteiger partial charge in [0.15, 0.2) is 5.69 Å². The van der Waals surface area contributed by atoms with E-state index in [9.17, 15) is 35.1 Å². The van der Waals surface area contributed by atoms with Gasteiger partial charge in [-0.25, -0.2) is 0 Å². The SMILES string of the molecule is CCC(=O)Nc1cc(N(CC)CC(=O)OC)ccc1N=Nc1c(C#N)cc([N+](=O)[O-])cc1[N+](=O)[O-]. The summed E-state index contributed by atoms with van der Waals surface area (Å²) in [6.07, 6.45) is 0.146. The topological polar surface area (TPSA) is 193 Å². The van der Waals surface area contributed by atoms with Crippen molar-refractivity contribution in [3.05, 3.63) is 56.1 Å². The predicted octanol–water partition coefficient (Wildman–Crippen LogP) is 4.14. The van der Waals surface area contributed by atoms with Crippen molar-refractivity contribution in [2.45, 2.75) is 20.3 Å². The molecule has 0 aromatic heterocycles. The molecule has 0 aliphatic rings. The third-order valence-corrected chi connectivity index (χ3v) is 4.73. The van der Waals surface area contributed by atoms with E-state index >= 15 is 0 Å². The number of carbonyl (C=O) groups excluding carboxylic acids is 2. The van der Waals surface area contributed by atoms with E-state index in [1.807, 2.05) is 6.92 Å². The second-order valence-electron chi connectivity index (χ2n) is 6.88. The summed E-state index contributed by atoms with van der Waals surface area (Å²) >= 11 is 0. The second-order valence-corrected chi connectivity index (χ2v) is 6.88. The number of hydrogen-bond donors (Lipinski definition) is 1. The highest BCUT2D eigenvalue weighted by atomic mass is 16.6. The molecule has 0 saturated carbocycles. The fraction of sp³-hybridized carbons (Fsp3) is 0.286. The highest BCUT2D eigenvalue weighted by Crippen LogP contribution is 2.38. The number of nitriles is 1. The lowest BCUT2D eigenvalue weighted by Crippen LogP contribution is -2.30. The van der Waals surface area contributed by atoms with E-state index in [0.717, 1.165) is 6.07 Å². The Morgan fingerprint density at radius 2 is 1.86 bits per heavy atom. The molecule has 35 heavy (non-hydrogen) atoms. The number of nitro benzene ring substituents is 2. The quantitative estimate of drug-likeness (QED) is 0.224. The van der Waals surface area contributed by atoms with Crippen LogP contribution in [0.4, 0.5) is 34.1 Å². The van der Waals surface area contributed by atoms with Gasteiger partial charge in [0.05, 0.1) is 34.3 Å². The Hall–Kier alpha value is -4.93. The van der Waals surface area contributed by atoms with Crippen LogP contribution in [0.5, 0.6) is 0 Å². The summed E-state index contributed by atoms with van der Waals surface area (Å²) in [5.41, 5.74) is -1.45. The Morgan fingerprint density at radius 3 is 2.40 bits per heavy atom. The molecule has 0 bridgehead atoms. The van der Waals surface area contributed by atoms with Crippen LogP contribution in [0.1, 0.15) is 25.8 Å². The summed E-state index contributed by atoms with van der Waals surface area (Å²) < 4.78 is 4.70. The number of non-ortho nitro benzene ring substituents is 1. The smallest absolute Gasteiger partial charge is 0.325 e. The van der Waals surface area contributed by atoms with Crippen LogP contribution in [0.25, 0.3) is 0 Å². The van der Waals surface area contributed by atoms with Gasteiger partial charge in [-0.1, -0.05) is 6.92 Å². The molecule has 2 aromatic rings. The molecule has 1 amide bonds.